The molecule has 3 nitrogen and oxygen atoms in total. The highest BCUT2D eigenvalue weighted by Crippen LogP contribution is 2.32. The van der Waals surface area contributed by atoms with Crippen LogP contribution >= 0.6 is 0 Å². The first-order valence-corrected chi connectivity index (χ1v) is 17.2. The van der Waals surface area contributed by atoms with Gasteiger partial charge in [0.25, 0.3) is 0 Å². The second kappa shape index (κ2) is 13.3. The van der Waals surface area contributed by atoms with E-state index in [-0.39, 0.29) is 0 Å². The van der Waals surface area contributed by atoms with Crippen LogP contribution < -0.4 is 10.4 Å². The van der Waals surface area contributed by atoms with Crippen molar-refractivity contribution in [1.29, 1.82) is 0 Å². The van der Waals surface area contributed by atoms with Crippen LogP contribution in [0.1, 0.15) is 44.0 Å². The van der Waals surface area contributed by atoms with Crippen molar-refractivity contribution >= 4 is 44.8 Å². The van der Waals surface area contributed by atoms with Gasteiger partial charge in [-0.05, 0) is 99.0 Å². The Balaban J connectivity index is 1.24. The first-order valence-electron chi connectivity index (χ1n) is 17.2. The van der Waals surface area contributed by atoms with Crippen molar-refractivity contribution in [3.63, 3.8) is 0 Å². The van der Waals surface area contributed by atoms with Gasteiger partial charge in [-0.2, -0.15) is 0 Å². The molecule has 8 rings (SSSR count). The van der Waals surface area contributed by atoms with E-state index in [1.165, 1.54) is 37.5 Å². The molecule has 0 unspecified atom stereocenters. The number of benzene rings is 5. The third kappa shape index (κ3) is 5.89. The molecule has 0 saturated carbocycles. The van der Waals surface area contributed by atoms with Crippen molar-refractivity contribution in [2.75, 3.05) is 0 Å². The van der Waals surface area contributed by atoms with Crippen molar-refractivity contribution in [3.8, 4) is 33.9 Å². The number of aromatic nitrogens is 3. The highest BCUT2D eigenvalue weighted by atomic mass is 15.0. The fraction of sp³-hybridized carbons (Fsp3) is 0.109. The van der Waals surface area contributed by atoms with Gasteiger partial charge in [-0.15, -0.1) is 0 Å². The summed E-state index contributed by atoms with van der Waals surface area (Å²) in [6.45, 7) is 5.90. The highest BCUT2D eigenvalue weighted by molar-refractivity contribution is 6.09. The molecule has 1 aromatic heterocycles. The molecule has 0 radical (unpaired) electrons. The average molecular weight is 632 g/mol. The number of fused-ring (bicyclic) bond motifs is 6. The lowest BCUT2D eigenvalue weighted by Gasteiger charge is -2.13. The number of allylic oxidation sites excluding steroid dienone is 9. The molecule has 0 atom stereocenters. The van der Waals surface area contributed by atoms with Gasteiger partial charge in [0, 0.05) is 16.7 Å². The Kier molecular flexibility index (Phi) is 8.25. The Morgan fingerprint density at radius 3 is 1.98 bits per heavy atom. The van der Waals surface area contributed by atoms with Crippen LogP contribution in [0.5, 0.6) is 0 Å². The van der Waals surface area contributed by atoms with E-state index < -0.39 is 0 Å². The summed E-state index contributed by atoms with van der Waals surface area (Å²) >= 11 is 0. The normalized spacial score (nSPS) is 14.4. The Morgan fingerprint density at radius 1 is 0.592 bits per heavy atom. The van der Waals surface area contributed by atoms with E-state index in [2.05, 4.69) is 134 Å². The topological polar surface area (TPSA) is 38.7 Å². The summed E-state index contributed by atoms with van der Waals surface area (Å²) in [7, 11) is 0. The molecule has 2 aliphatic carbocycles. The number of rotatable bonds is 7. The third-order valence-corrected chi connectivity index (χ3v) is 9.43. The van der Waals surface area contributed by atoms with Crippen LogP contribution in [0.4, 0.5) is 0 Å². The van der Waals surface area contributed by atoms with Crippen molar-refractivity contribution in [1.82, 2.24) is 15.0 Å². The van der Waals surface area contributed by atoms with Crippen LogP contribution in [0.3, 0.4) is 0 Å². The van der Waals surface area contributed by atoms with E-state index in [9.17, 15) is 0 Å². The maximum Gasteiger partial charge on any atom is 0.164 e. The molecule has 0 N–H and O–H groups in total. The fourth-order valence-corrected chi connectivity index (χ4v) is 7.07. The zero-order valence-corrected chi connectivity index (χ0v) is 27.7. The molecule has 0 fully saturated rings. The van der Waals surface area contributed by atoms with Crippen molar-refractivity contribution in [2.45, 2.75) is 32.6 Å². The fourth-order valence-electron chi connectivity index (χ4n) is 7.07. The summed E-state index contributed by atoms with van der Waals surface area (Å²) in [6, 6.07) is 32.7. The molecule has 1 heterocycles. The summed E-state index contributed by atoms with van der Waals surface area (Å²) in [5, 5.41) is 7.95. The third-order valence-electron chi connectivity index (χ3n) is 9.43. The zero-order chi connectivity index (χ0) is 33.2. The predicted molar refractivity (Wildman–Crippen MR) is 208 cm³/mol. The quantitative estimate of drug-likeness (QED) is 0.130. The van der Waals surface area contributed by atoms with Gasteiger partial charge in [0.1, 0.15) is 0 Å². The minimum absolute atomic E-state index is 0.659. The van der Waals surface area contributed by atoms with Crippen molar-refractivity contribution in [2.24, 2.45) is 0 Å². The van der Waals surface area contributed by atoms with Crippen LogP contribution in [-0.2, 0) is 0 Å². The smallest absolute Gasteiger partial charge is 0.164 e. The van der Waals surface area contributed by atoms with Crippen molar-refractivity contribution in [3.05, 3.63) is 162 Å². The Hall–Kier alpha value is -5.93. The molecular weight excluding hydrogens is 595 g/mol. The summed E-state index contributed by atoms with van der Waals surface area (Å²) in [5.41, 5.74) is 7.46. The summed E-state index contributed by atoms with van der Waals surface area (Å²) in [5.74, 6) is 2.02. The van der Waals surface area contributed by atoms with Gasteiger partial charge >= 0.3 is 0 Å². The van der Waals surface area contributed by atoms with Gasteiger partial charge < -0.3 is 0 Å². The minimum atomic E-state index is 0.659. The second-order valence-corrected chi connectivity index (χ2v) is 12.6. The summed E-state index contributed by atoms with van der Waals surface area (Å²) in [4.78, 5) is 15.1. The van der Waals surface area contributed by atoms with Crippen LogP contribution in [0.25, 0.3) is 78.7 Å². The summed E-state index contributed by atoms with van der Waals surface area (Å²) in [6.07, 6.45) is 23.5. The molecule has 236 valence electrons. The molecule has 5 aromatic carbocycles. The zero-order valence-electron chi connectivity index (χ0n) is 27.7. The maximum absolute atomic E-state index is 5.06. The molecule has 0 aliphatic heterocycles. The van der Waals surface area contributed by atoms with Gasteiger partial charge in [-0.3, -0.25) is 0 Å². The van der Waals surface area contributed by atoms with Gasteiger partial charge in [0.2, 0.25) is 0 Å². The van der Waals surface area contributed by atoms with Crippen molar-refractivity contribution < 1.29 is 0 Å². The van der Waals surface area contributed by atoms with Crippen LogP contribution in [0.15, 0.2) is 140 Å². The number of hydrogen-bond acceptors (Lipinski definition) is 3. The van der Waals surface area contributed by atoms with Crippen LogP contribution in [0.2, 0.25) is 0 Å². The first-order chi connectivity index (χ1) is 24.2. The molecule has 0 amide bonds. The van der Waals surface area contributed by atoms with E-state index >= 15 is 0 Å². The summed E-state index contributed by atoms with van der Waals surface area (Å²) < 4.78 is 0. The van der Waals surface area contributed by atoms with E-state index in [4.69, 9.17) is 15.0 Å². The van der Waals surface area contributed by atoms with Gasteiger partial charge in [0.15, 0.2) is 17.5 Å². The monoisotopic (exact) mass is 631 g/mol. The lowest BCUT2D eigenvalue weighted by Crippen LogP contribution is -2.28. The average Bonchev–Trinajstić information content (AvgIpc) is 3.18. The predicted octanol–water partition coefficient (Wildman–Crippen LogP) is 10.4. The highest BCUT2D eigenvalue weighted by Gasteiger charge is 2.15. The molecule has 0 spiro atoms. The molecule has 6 aromatic rings. The minimum Gasteiger partial charge on any atom is -0.208 e. The van der Waals surface area contributed by atoms with Gasteiger partial charge in [-0.25, -0.2) is 15.0 Å². The Labute approximate surface area is 287 Å². The SMILES string of the molecule is C=C/C=C(\C=C/C)c1ccc(-c2nc(C3=CCCC=C3)nc(-c3cccc(-c4ccc5c6c(c7ccccc7c5c4)=CCCC=6)c3)n2)cc1. The van der Waals surface area contributed by atoms with Gasteiger partial charge in [0.05, 0.1) is 0 Å². The maximum atomic E-state index is 5.06. The first kappa shape index (κ1) is 30.4. The van der Waals surface area contributed by atoms with Crippen LogP contribution in [-0.4, -0.2) is 15.0 Å². The molecule has 49 heavy (non-hydrogen) atoms. The molecule has 0 saturated heterocycles. The number of hydrogen-bond donors (Lipinski definition) is 0. The Bertz CT molecular complexity index is 2510. The molecule has 2 aliphatic rings. The molecular formula is C46H37N3. The standard InChI is InChI=1S/C46H37N3/c1-3-13-31(14-4-2)32-23-25-34(26-24-32)45-47-44(33-15-6-5-7-16-33)48-46(49-45)37-18-12-17-35(29-37)36-27-28-42-40-21-9-8-19-38(40)39-20-10-11-22-41(39)43(42)30-36/h3-4,6,10-30H,1,5,7-9H2,2H3/b14-4-,31-13+. The lowest BCUT2D eigenvalue weighted by atomic mass is 9.92. The van der Waals surface area contributed by atoms with E-state index in [0.717, 1.165) is 59.1 Å². The van der Waals surface area contributed by atoms with Crippen LogP contribution in [0, 0.1) is 0 Å². The lowest BCUT2D eigenvalue weighted by molar-refractivity contribution is 1.01. The molecule has 3 heteroatoms. The van der Waals surface area contributed by atoms with E-state index in [1.807, 2.05) is 25.2 Å². The second-order valence-electron chi connectivity index (χ2n) is 12.6. The molecule has 0 bridgehead atoms. The van der Waals surface area contributed by atoms with Gasteiger partial charge in [-0.1, -0.05) is 140 Å². The number of nitrogens with zero attached hydrogens (tertiary/aromatic N) is 3. The van der Waals surface area contributed by atoms with E-state index in [0.29, 0.717) is 17.5 Å². The largest absolute Gasteiger partial charge is 0.208 e. The Morgan fingerprint density at radius 2 is 1.24 bits per heavy atom. The van der Waals surface area contributed by atoms with E-state index in [1.54, 1.807) is 0 Å².